The van der Waals surface area contributed by atoms with Gasteiger partial charge >= 0.3 is 0 Å². The summed E-state index contributed by atoms with van der Waals surface area (Å²) >= 11 is 6.43. The first-order valence-electron chi connectivity index (χ1n) is 15.8. The highest BCUT2D eigenvalue weighted by atomic mass is 35.5. The van der Waals surface area contributed by atoms with Crippen molar-refractivity contribution in [2.24, 2.45) is 23.7 Å². The standard InChI is InChI=1S/C35H43ClN2O5S/c1-22-7-5-14-35(20-39,42-4)30-15-23(2)28(30)18-38-19-34(13-6-8-25-16-27(36)10-11-29(25)34)21-43-32-12-9-26(17-31(32)38)33(40)37-44(41)24(22)3/h5,9-12,14,16-17,20,22-24,28,30H,6-8,13,15,18-19,21H2,1-4H3,(H,37,40)/b14-5+/t22?,23?,24?,28?,30?,34-,35-,44?/m0/s1. The number of rotatable bonds is 2. The lowest BCUT2D eigenvalue weighted by atomic mass is 9.58. The molecule has 0 aromatic heterocycles. The molecule has 1 spiro atoms. The zero-order valence-electron chi connectivity index (χ0n) is 26.0. The van der Waals surface area contributed by atoms with Crippen molar-refractivity contribution >= 4 is 40.5 Å². The lowest BCUT2D eigenvalue weighted by Gasteiger charge is -2.52. The van der Waals surface area contributed by atoms with Gasteiger partial charge in [0.05, 0.1) is 17.5 Å². The SMILES string of the molecule is CO[C@]1(C=O)/C=C/CC(C)C(C)S(=O)NC(=O)c2ccc3c(c2)N(CC2C(C)CC21)C[C@@]1(CCCc2cc(Cl)ccc21)CO3. The first-order valence-corrected chi connectivity index (χ1v) is 17.4. The summed E-state index contributed by atoms with van der Waals surface area (Å²) in [5.74, 6) is 0.932. The lowest BCUT2D eigenvalue weighted by Crippen LogP contribution is -2.56. The Balaban J connectivity index is 1.46. The molecule has 2 aromatic carbocycles. The Morgan fingerprint density at radius 3 is 2.73 bits per heavy atom. The van der Waals surface area contributed by atoms with Gasteiger partial charge in [-0.3, -0.25) is 14.3 Å². The molecule has 2 bridgehead atoms. The molecule has 2 aliphatic carbocycles. The average molecular weight is 639 g/mol. The molecule has 236 valence electrons. The molecule has 9 heteroatoms. The third kappa shape index (κ3) is 5.51. The van der Waals surface area contributed by atoms with Crippen molar-refractivity contribution in [1.82, 2.24) is 4.72 Å². The number of allylic oxidation sites excluding steroid dienone is 1. The monoisotopic (exact) mass is 638 g/mol. The predicted molar refractivity (Wildman–Crippen MR) is 175 cm³/mol. The van der Waals surface area contributed by atoms with Crippen LogP contribution in [0.5, 0.6) is 5.75 Å². The van der Waals surface area contributed by atoms with Gasteiger partial charge in [-0.2, -0.15) is 0 Å². The van der Waals surface area contributed by atoms with E-state index in [2.05, 4.69) is 28.7 Å². The number of nitrogens with zero attached hydrogens (tertiary/aromatic N) is 1. The van der Waals surface area contributed by atoms with Crippen LogP contribution in [0.25, 0.3) is 0 Å². The molecule has 2 aromatic rings. The second kappa shape index (κ2) is 12.3. The fourth-order valence-electron chi connectivity index (χ4n) is 7.92. The van der Waals surface area contributed by atoms with E-state index in [1.807, 2.05) is 44.2 Å². The molecule has 1 N–H and O–H groups in total. The highest BCUT2D eigenvalue weighted by Crippen LogP contribution is 2.51. The summed E-state index contributed by atoms with van der Waals surface area (Å²) in [6.45, 7) is 8.04. The van der Waals surface area contributed by atoms with Crippen LogP contribution >= 0.6 is 11.6 Å². The van der Waals surface area contributed by atoms with Gasteiger partial charge in [-0.25, -0.2) is 4.21 Å². The Bertz CT molecular complexity index is 1500. The van der Waals surface area contributed by atoms with E-state index in [1.54, 1.807) is 13.2 Å². The molecule has 8 atom stereocenters. The van der Waals surface area contributed by atoms with Crippen molar-refractivity contribution in [2.45, 2.75) is 69.1 Å². The first kappa shape index (κ1) is 31.3. The maximum absolute atomic E-state index is 13.4. The van der Waals surface area contributed by atoms with Crippen molar-refractivity contribution in [2.75, 3.05) is 31.7 Å². The van der Waals surface area contributed by atoms with Crippen LogP contribution in [0, 0.1) is 23.7 Å². The maximum Gasteiger partial charge on any atom is 0.263 e. The van der Waals surface area contributed by atoms with Crippen LogP contribution in [-0.4, -0.2) is 54.1 Å². The van der Waals surface area contributed by atoms with Gasteiger partial charge in [0.2, 0.25) is 0 Å². The number of aldehydes is 1. The van der Waals surface area contributed by atoms with Gasteiger partial charge in [0.15, 0.2) is 6.29 Å². The number of hydrogen-bond donors (Lipinski definition) is 1. The Morgan fingerprint density at radius 2 is 1.98 bits per heavy atom. The summed E-state index contributed by atoms with van der Waals surface area (Å²) in [5, 5.41) is 0.450. The van der Waals surface area contributed by atoms with Crippen molar-refractivity contribution in [3.63, 3.8) is 0 Å². The van der Waals surface area contributed by atoms with E-state index in [0.29, 0.717) is 37.6 Å². The minimum absolute atomic E-state index is 0.00137. The molecule has 2 heterocycles. The molecule has 6 rings (SSSR count). The van der Waals surface area contributed by atoms with Gasteiger partial charge in [0, 0.05) is 42.1 Å². The zero-order chi connectivity index (χ0) is 31.2. The van der Waals surface area contributed by atoms with E-state index < -0.39 is 16.6 Å². The first-order chi connectivity index (χ1) is 21.1. The number of hydrogen-bond acceptors (Lipinski definition) is 6. The smallest absolute Gasteiger partial charge is 0.263 e. The number of amides is 1. The summed E-state index contributed by atoms with van der Waals surface area (Å²) in [5.41, 5.74) is 2.52. The molecule has 44 heavy (non-hydrogen) atoms. The summed E-state index contributed by atoms with van der Waals surface area (Å²) < 4.78 is 28.6. The summed E-state index contributed by atoms with van der Waals surface area (Å²) in [7, 11) is 0.0319. The Hall–Kier alpha value is -2.68. The molecule has 1 amide bonds. The Kier molecular flexibility index (Phi) is 8.72. The van der Waals surface area contributed by atoms with Crippen LogP contribution in [0.3, 0.4) is 0 Å². The van der Waals surface area contributed by atoms with E-state index in [9.17, 15) is 13.8 Å². The van der Waals surface area contributed by atoms with E-state index in [1.165, 1.54) is 11.1 Å². The summed E-state index contributed by atoms with van der Waals surface area (Å²) in [6, 6.07) is 11.7. The van der Waals surface area contributed by atoms with Crippen molar-refractivity contribution in [1.29, 1.82) is 0 Å². The summed E-state index contributed by atoms with van der Waals surface area (Å²) in [4.78, 5) is 28.6. The number of fused-ring (bicyclic) bond motifs is 4. The number of methoxy groups -OCH3 is 1. The van der Waals surface area contributed by atoms with E-state index in [0.717, 1.165) is 48.4 Å². The number of aryl methyl sites for hydroxylation is 1. The second-order valence-electron chi connectivity index (χ2n) is 13.5. The van der Waals surface area contributed by atoms with Crippen molar-refractivity contribution < 1.29 is 23.3 Å². The van der Waals surface area contributed by atoms with E-state index in [-0.39, 0.29) is 34.3 Å². The molecule has 0 saturated heterocycles. The van der Waals surface area contributed by atoms with Crippen LogP contribution in [0.1, 0.15) is 67.9 Å². The predicted octanol–water partition coefficient (Wildman–Crippen LogP) is 6.05. The summed E-state index contributed by atoms with van der Waals surface area (Å²) in [6.07, 6.45) is 9.34. The highest BCUT2D eigenvalue weighted by Gasteiger charge is 2.52. The van der Waals surface area contributed by atoms with Crippen molar-refractivity contribution in [3.05, 3.63) is 70.3 Å². The number of ether oxygens (including phenoxy) is 2. The van der Waals surface area contributed by atoms with Crippen LogP contribution in [0.2, 0.25) is 5.02 Å². The molecule has 4 aliphatic rings. The van der Waals surface area contributed by atoms with Gasteiger partial charge in [-0.05, 0) is 104 Å². The molecule has 7 nitrogen and oxygen atoms in total. The van der Waals surface area contributed by atoms with Gasteiger partial charge in [0.25, 0.3) is 5.91 Å². The van der Waals surface area contributed by atoms with Gasteiger partial charge < -0.3 is 14.4 Å². The number of carbonyl (C=O) groups excluding carboxylic acids is 2. The lowest BCUT2D eigenvalue weighted by molar-refractivity contribution is -0.141. The maximum atomic E-state index is 13.4. The number of nitrogens with one attached hydrogen (secondary N) is 1. The Labute approximate surface area is 268 Å². The molecular weight excluding hydrogens is 596 g/mol. The fourth-order valence-corrected chi connectivity index (χ4v) is 9.13. The molecule has 2 aliphatic heterocycles. The quantitative estimate of drug-likeness (QED) is 0.319. The van der Waals surface area contributed by atoms with Gasteiger partial charge in [0.1, 0.15) is 22.3 Å². The highest BCUT2D eigenvalue weighted by molar-refractivity contribution is 7.84. The topological polar surface area (TPSA) is 84.9 Å². The van der Waals surface area contributed by atoms with Gasteiger partial charge in [-0.1, -0.05) is 37.6 Å². The van der Waals surface area contributed by atoms with Gasteiger partial charge in [-0.15, -0.1) is 0 Å². The molecule has 6 unspecified atom stereocenters. The minimum atomic E-state index is -1.59. The molecule has 0 radical (unpaired) electrons. The third-order valence-corrected chi connectivity index (χ3v) is 12.7. The fraction of sp³-hybridized carbons (Fsp3) is 0.543. The third-order valence-electron chi connectivity index (χ3n) is 10.9. The average Bonchev–Trinajstić information content (AvgIpc) is 3.17. The van der Waals surface area contributed by atoms with Crippen LogP contribution in [0.15, 0.2) is 48.6 Å². The van der Waals surface area contributed by atoms with Crippen LogP contribution in [0.4, 0.5) is 5.69 Å². The van der Waals surface area contributed by atoms with E-state index in [4.69, 9.17) is 21.1 Å². The van der Waals surface area contributed by atoms with Crippen LogP contribution < -0.4 is 14.4 Å². The van der Waals surface area contributed by atoms with E-state index >= 15 is 0 Å². The second-order valence-corrected chi connectivity index (χ2v) is 15.5. The zero-order valence-corrected chi connectivity index (χ0v) is 27.6. The number of anilines is 1. The number of benzene rings is 2. The Morgan fingerprint density at radius 1 is 1.16 bits per heavy atom. The van der Waals surface area contributed by atoms with Crippen LogP contribution in [-0.2, 0) is 32.4 Å². The normalized spacial score (nSPS) is 36.1. The van der Waals surface area contributed by atoms with Crippen molar-refractivity contribution in [3.8, 4) is 5.75 Å². The molecule has 1 saturated carbocycles. The molecule has 1 fully saturated rings. The number of carbonyl (C=O) groups is 2. The minimum Gasteiger partial charge on any atom is -0.490 e. The number of halogens is 1. The molecular formula is C35H43ClN2O5S. The largest absolute Gasteiger partial charge is 0.490 e.